The summed E-state index contributed by atoms with van der Waals surface area (Å²) in [5.41, 5.74) is 0. The number of carbonyl (C=O) groups is 1. The molecule has 1 N–H and O–H groups in total. The van der Waals surface area contributed by atoms with E-state index in [4.69, 9.17) is 4.42 Å². The number of nitrogens with one attached hydrogen (secondary N) is 1. The van der Waals surface area contributed by atoms with Crippen LogP contribution in [0.1, 0.15) is 15.4 Å². The Hall–Kier alpha value is -2.40. The molecule has 0 aliphatic rings. The van der Waals surface area contributed by atoms with Crippen molar-refractivity contribution >= 4 is 28.0 Å². The topological polar surface area (TPSA) is 59.3 Å². The molecule has 2 aromatic heterocycles. The predicted octanol–water partition coefficient (Wildman–Crippen LogP) is 2.78. The van der Waals surface area contributed by atoms with Crippen molar-refractivity contribution in [3.8, 4) is 0 Å². The smallest absolute Gasteiger partial charge is 0.261 e. The second-order valence-corrected chi connectivity index (χ2v) is 5.26. The molecular formula is C15H11NO3S. The highest BCUT2D eigenvalue weighted by Gasteiger charge is 2.10. The number of hydrogen-bond acceptors (Lipinski definition) is 4. The van der Waals surface area contributed by atoms with Crippen molar-refractivity contribution in [1.82, 2.24) is 5.32 Å². The zero-order valence-electron chi connectivity index (χ0n) is 10.5. The van der Waals surface area contributed by atoms with Crippen LogP contribution < -0.4 is 10.1 Å². The summed E-state index contributed by atoms with van der Waals surface area (Å²) in [7, 11) is 0. The van der Waals surface area contributed by atoms with Gasteiger partial charge in [0, 0.05) is 5.39 Å². The fraction of sp³-hybridized carbons (Fsp3) is 0.0667. The molecule has 0 unspecified atom stereocenters. The molecule has 20 heavy (non-hydrogen) atoms. The predicted molar refractivity (Wildman–Crippen MR) is 78.0 cm³/mol. The van der Waals surface area contributed by atoms with Crippen LogP contribution in [0.3, 0.4) is 0 Å². The molecule has 0 atom stereocenters. The van der Waals surface area contributed by atoms with Crippen molar-refractivity contribution in [2.75, 3.05) is 0 Å². The molecule has 0 fully saturated rings. The molecule has 0 aliphatic carbocycles. The summed E-state index contributed by atoms with van der Waals surface area (Å²) in [5.74, 6) is 0.403. The lowest BCUT2D eigenvalue weighted by atomic mass is 10.2. The van der Waals surface area contributed by atoms with E-state index < -0.39 is 0 Å². The largest absolute Gasteiger partial charge is 0.467 e. The Bertz CT molecular complexity index is 805. The second kappa shape index (κ2) is 5.30. The number of furan rings is 1. The Kier molecular flexibility index (Phi) is 3.35. The summed E-state index contributed by atoms with van der Waals surface area (Å²) in [4.78, 5) is 24.4. The normalized spacial score (nSPS) is 10.6. The maximum absolute atomic E-state index is 12.1. The molecule has 4 nitrogen and oxygen atoms in total. The summed E-state index contributed by atoms with van der Waals surface area (Å²) in [6.45, 7) is 0.305. The minimum atomic E-state index is -0.269. The first kappa shape index (κ1) is 12.6. The lowest BCUT2D eigenvalue weighted by Crippen LogP contribution is -2.22. The summed E-state index contributed by atoms with van der Waals surface area (Å²) < 4.78 is 5.04. The van der Waals surface area contributed by atoms with E-state index in [1.165, 1.54) is 0 Å². The number of rotatable bonds is 3. The summed E-state index contributed by atoms with van der Waals surface area (Å²) in [6, 6.07) is 12.5. The van der Waals surface area contributed by atoms with Crippen LogP contribution in [0.25, 0.3) is 10.8 Å². The van der Waals surface area contributed by atoms with Gasteiger partial charge in [-0.05, 0) is 29.7 Å². The molecule has 5 heteroatoms. The zero-order chi connectivity index (χ0) is 13.9. The number of fused-ring (bicyclic) bond motifs is 1. The summed E-state index contributed by atoms with van der Waals surface area (Å²) >= 11 is 0.954. The molecule has 3 aromatic rings. The molecule has 3 rings (SSSR count). The Labute approximate surface area is 118 Å². The highest BCUT2D eigenvalue weighted by atomic mass is 32.1. The molecule has 0 saturated carbocycles. The number of amides is 1. The first-order valence-corrected chi connectivity index (χ1v) is 6.89. The highest BCUT2D eigenvalue weighted by Crippen LogP contribution is 2.15. The van der Waals surface area contributed by atoms with Crippen LogP contribution in [-0.2, 0) is 6.54 Å². The van der Waals surface area contributed by atoms with Crippen LogP contribution in [-0.4, -0.2) is 5.91 Å². The first-order chi connectivity index (χ1) is 9.74. The number of carbonyl (C=O) groups excluding carboxylic acids is 1. The van der Waals surface area contributed by atoms with Crippen molar-refractivity contribution in [3.63, 3.8) is 0 Å². The molecule has 1 aromatic carbocycles. The van der Waals surface area contributed by atoms with Crippen molar-refractivity contribution in [3.05, 3.63) is 68.9 Å². The maximum atomic E-state index is 12.1. The van der Waals surface area contributed by atoms with Crippen LogP contribution in [0.5, 0.6) is 0 Å². The Morgan fingerprint density at radius 1 is 1.20 bits per heavy atom. The van der Waals surface area contributed by atoms with Crippen molar-refractivity contribution in [2.45, 2.75) is 6.54 Å². The van der Waals surface area contributed by atoms with Gasteiger partial charge in [0.25, 0.3) is 5.91 Å². The molecule has 0 saturated heterocycles. The lowest BCUT2D eigenvalue weighted by molar-refractivity contribution is 0.0952. The van der Waals surface area contributed by atoms with Gasteiger partial charge in [-0.1, -0.05) is 29.5 Å². The van der Waals surface area contributed by atoms with Crippen LogP contribution >= 0.6 is 11.3 Å². The molecule has 1 amide bonds. The van der Waals surface area contributed by atoms with Crippen molar-refractivity contribution < 1.29 is 9.21 Å². The standard InChI is InChI=1S/C15H11NO3S/c17-14(16-9-11-5-3-7-19-11)13-8-10-4-1-2-6-12(10)15(18)20-13/h1-8H,9H2,(H,16,17). The minimum absolute atomic E-state index is 0.105. The molecule has 0 spiro atoms. The SMILES string of the molecule is O=C(NCc1ccco1)c1cc2ccccc2c(=O)s1. The van der Waals surface area contributed by atoms with Gasteiger partial charge in [-0.3, -0.25) is 9.59 Å². The zero-order valence-corrected chi connectivity index (χ0v) is 11.3. The third kappa shape index (κ3) is 2.48. The van der Waals surface area contributed by atoms with Crippen molar-refractivity contribution in [2.24, 2.45) is 0 Å². The van der Waals surface area contributed by atoms with Crippen LogP contribution in [0.4, 0.5) is 0 Å². The van der Waals surface area contributed by atoms with E-state index in [0.717, 1.165) is 16.7 Å². The van der Waals surface area contributed by atoms with E-state index in [9.17, 15) is 9.59 Å². The van der Waals surface area contributed by atoms with Gasteiger partial charge < -0.3 is 9.73 Å². The average molecular weight is 285 g/mol. The van der Waals surface area contributed by atoms with E-state index in [1.807, 2.05) is 18.2 Å². The van der Waals surface area contributed by atoms with Crippen LogP contribution in [0, 0.1) is 0 Å². The lowest BCUT2D eigenvalue weighted by Gasteiger charge is -2.03. The van der Waals surface area contributed by atoms with Crippen LogP contribution in [0.15, 0.2) is 57.9 Å². The van der Waals surface area contributed by atoms with E-state index in [1.54, 1.807) is 30.5 Å². The third-order valence-corrected chi connectivity index (χ3v) is 3.83. The average Bonchev–Trinajstić information content (AvgIpc) is 2.98. The van der Waals surface area contributed by atoms with Crippen LogP contribution in [0.2, 0.25) is 0 Å². The summed E-state index contributed by atoms with van der Waals surface area (Å²) in [6.07, 6.45) is 1.55. The second-order valence-electron chi connectivity index (χ2n) is 4.25. The van der Waals surface area contributed by atoms with Gasteiger partial charge in [0.1, 0.15) is 5.76 Å². The van der Waals surface area contributed by atoms with E-state index >= 15 is 0 Å². The fourth-order valence-corrected chi connectivity index (χ4v) is 2.76. The first-order valence-electron chi connectivity index (χ1n) is 6.07. The van der Waals surface area contributed by atoms with Gasteiger partial charge >= 0.3 is 0 Å². The molecule has 0 aliphatic heterocycles. The van der Waals surface area contributed by atoms with Crippen molar-refractivity contribution in [1.29, 1.82) is 0 Å². The molecule has 0 bridgehead atoms. The van der Waals surface area contributed by atoms with E-state index in [2.05, 4.69) is 5.32 Å². The number of hydrogen-bond donors (Lipinski definition) is 1. The highest BCUT2D eigenvalue weighted by molar-refractivity contribution is 7.12. The Morgan fingerprint density at radius 3 is 2.85 bits per heavy atom. The van der Waals surface area contributed by atoms with E-state index in [-0.39, 0.29) is 10.6 Å². The Morgan fingerprint density at radius 2 is 2.05 bits per heavy atom. The quantitative estimate of drug-likeness (QED) is 0.805. The summed E-state index contributed by atoms with van der Waals surface area (Å²) in [5, 5.41) is 4.15. The monoisotopic (exact) mass is 285 g/mol. The fourth-order valence-electron chi connectivity index (χ4n) is 1.91. The minimum Gasteiger partial charge on any atom is -0.467 e. The maximum Gasteiger partial charge on any atom is 0.261 e. The molecule has 0 radical (unpaired) electrons. The van der Waals surface area contributed by atoms with Gasteiger partial charge in [-0.25, -0.2) is 0 Å². The molecule has 2 heterocycles. The van der Waals surface area contributed by atoms with Gasteiger partial charge in [0.05, 0.1) is 17.7 Å². The van der Waals surface area contributed by atoms with Gasteiger partial charge in [-0.15, -0.1) is 0 Å². The molecular weight excluding hydrogens is 274 g/mol. The molecule has 100 valence electrons. The van der Waals surface area contributed by atoms with Gasteiger partial charge in [-0.2, -0.15) is 0 Å². The Balaban J connectivity index is 1.86. The van der Waals surface area contributed by atoms with E-state index in [0.29, 0.717) is 22.6 Å². The van der Waals surface area contributed by atoms with Gasteiger partial charge in [0.2, 0.25) is 4.74 Å². The number of benzene rings is 1. The third-order valence-electron chi connectivity index (χ3n) is 2.90. The van der Waals surface area contributed by atoms with Gasteiger partial charge in [0.15, 0.2) is 0 Å².